The summed E-state index contributed by atoms with van der Waals surface area (Å²) in [7, 11) is 0. The van der Waals surface area contributed by atoms with Gasteiger partial charge in [0.15, 0.2) is 0 Å². The van der Waals surface area contributed by atoms with E-state index in [1.165, 1.54) is 0 Å². The Morgan fingerprint density at radius 1 is 1.14 bits per heavy atom. The van der Waals surface area contributed by atoms with Gasteiger partial charge in [-0.3, -0.25) is 0 Å². The molecule has 0 aliphatic heterocycles. The maximum Gasteiger partial charge on any atom is 0.241 e. The Labute approximate surface area is 84.0 Å². The highest BCUT2D eigenvalue weighted by Crippen LogP contribution is 2.20. The molecule has 0 radical (unpaired) electrons. The van der Waals surface area contributed by atoms with Crippen LogP contribution in [0.3, 0.4) is 0 Å². The SMILES string of the molecule is CCCC(Cc1ccccc1)C(F)F. The predicted molar refractivity (Wildman–Crippen MR) is 54.5 cm³/mol. The summed E-state index contributed by atoms with van der Waals surface area (Å²) in [5.41, 5.74) is 1.01. The van der Waals surface area contributed by atoms with E-state index in [0.717, 1.165) is 12.0 Å². The van der Waals surface area contributed by atoms with Gasteiger partial charge in [-0.05, 0) is 18.4 Å². The third kappa shape index (κ3) is 3.44. The molecule has 0 spiro atoms. The van der Waals surface area contributed by atoms with Gasteiger partial charge in [-0.25, -0.2) is 8.78 Å². The maximum atomic E-state index is 12.6. The fourth-order valence-electron chi connectivity index (χ4n) is 1.60. The average Bonchev–Trinajstić information content (AvgIpc) is 2.18. The molecule has 0 bridgehead atoms. The third-order valence-electron chi connectivity index (χ3n) is 2.36. The van der Waals surface area contributed by atoms with Gasteiger partial charge in [-0.15, -0.1) is 0 Å². The van der Waals surface area contributed by atoms with Gasteiger partial charge in [0.2, 0.25) is 6.43 Å². The van der Waals surface area contributed by atoms with Gasteiger partial charge in [0.1, 0.15) is 0 Å². The van der Waals surface area contributed by atoms with E-state index in [4.69, 9.17) is 0 Å². The van der Waals surface area contributed by atoms with E-state index in [0.29, 0.717) is 12.8 Å². The summed E-state index contributed by atoms with van der Waals surface area (Å²) < 4.78 is 25.1. The van der Waals surface area contributed by atoms with Crippen LogP contribution < -0.4 is 0 Å². The molecular weight excluding hydrogens is 182 g/mol. The first kappa shape index (κ1) is 11.2. The average molecular weight is 198 g/mol. The van der Waals surface area contributed by atoms with Crippen LogP contribution in [0.25, 0.3) is 0 Å². The van der Waals surface area contributed by atoms with Crippen LogP contribution in [-0.2, 0) is 6.42 Å². The van der Waals surface area contributed by atoms with E-state index in [1.807, 2.05) is 37.3 Å². The molecule has 0 aromatic heterocycles. The van der Waals surface area contributed by atoms with Gasteiger partial charge in [0, 0.05) is 5.92 Å². The van der Waals surface area contributed by atoms with E-state index in [1.54, 1.807) is 0 Å². The number of hydrogen-bond donors (Lipinski definition) is 0. The Kier molecular flexibility index (Phi) is 4.57. The molecule has 0 aliphatic rings. The monoisotopic (exact) mass is 198 g/mol. The van der Waals surface area contributed by atoms with Crippen molar-refractivity contribution in [3.8, 4) is 0 Å². The first-order valence-electron chi connectivity index (χ1n) is 5.06. The van der Waals surface area contributed by atoms with Crippen molar-refractivity contribution in [1.82, 2.24) is 0 Å². The van der Waals surface area contributed by atoms with Crippen LogP contribution in [0, 0.1) is 5.92 Å². The molecule has 0 heterocycles. The number of hydrogen-bond acceptors (Lipinski definition) is 0. The molecule has 1 aromatic carbocycles. The molecule has 78 valence electrons. The standard InChI is InChI=1S/C12H16F2/c1-2-6-11(12(13)14)9-10-7-4-3-5-8-10/h3-5,7-8,11-12H,2,6,9H2,1H3. The normalized spacial score (nSPS) is 13.1. The summed E-state index contributed by atoms with van der Waals surface area (Å²) in [4.78, 5) is 0. The minimum absolute atomic E-state index is 0.484. The molecule has 1 atom stereocenters. The first-order chi connectivity index (χ1) is 6.74. The third-order valence-corrected chi connectivity index (χ3v) is 2.36. The van der Waals surface area contributed by atoms with Gasteiger partial charge in [-0.1, -0.05) is 43.7 Å². The Morgan fingerprint density at radius 3 is 2.29 bits per heavy atom. The van der Waals surface area contributed by atoms with Crippen molar-refractivity contribution >= 4 is 0 Å². The second-order valence-electron chi connectivity index (χ2n) is 3.57. The van der Waals surface area contributed by atoms with Crippen LogP contribution in [0.15, 0.2) is 30.3 Å². The molecule has 0 N–H and O–H groups in total. The Morgan fingerprint density at radius 2 is 1.79 bits per heavy atom. The van der Waals surface area contributed by atoms with Crippen molar-refractivity contribution in [2.75, 3.05) is 0 Å². The number of rotatable bonds is 5. The summed E-state index contributed by atoms with van der Waals surface area (Å²) >= 11 is 0. The van der Waals surface area contributed by atoms with Gasteiger partial charge in [0.25, 0.3) is 0 Å². The van der Waals surface area contributed by atoms with Gasteiger partial charge in [-0.2, -0.15) is 0 Å². The lowest BCUT2D eigenvalue weighted by Crippen LogP contribution is -2.14. The molecule has 0 amide bonds. The Hall–Kier alpha value is -0.920. The van der Waals surface area contributed by atoms with E-state index < -0.39 is 12.3 Å². The molecular formula is C12H16F2. The Bertz CT molecular complexity index is 244. The van der Waals surface area contributed by atoms with Crippen molar-refractivity contribution < 1.29 is 8.78 Å². The number of halogens is 2. The molecule has 0 aliphatic carbocycles. The number of alkyl halides is 2. The molecule has 0 saturated heterocycles. The van der Waals surface area contributed by atoms with Crippen molar-refractivity contribution in [3.63, 3.8) is 0 Å². The largest absolute Gasteiger partial charge is 0.241 e. The van der Waals surface area contributed by atoms with Crippen molar-refractivity contribution in [2.24, 2.45) is 5.92 Å². The second kappa shape index (κ2) is 5.74. The minimum Gasteiger partial charge on any atom is -0.210 e. The van der Waals surface area contributed by atoms with Crippen LogP contribution >= 0.6 is 0 Å². The zero-order valence-electron chi connectivity index (χ0n) is 8.42. The highest BCUT2D eigenvalue weighted by Gasteiger charge is 2.19. The fraction of sp³-hybridized carbons (Fsp3) is 0.500. The molecule has 0 nitrogen and oxygen atoms in total. The van der Waals surface area contributed by atoms with E-state index in [2.05, 4.69) is 0 Å². The summed E-state index contributed by atoms with van der Waals surface area (Å²) in [6.07, 6.45) is -0.282. The summed E-state index contributed by atoms with van der Waals surface area (Å²) in [6, 6.07) is 9.50. The lowest BCUT2D eigenvalue weighted by atomic mass is 9.95. The van der Waals surface area contributed by atoms with Crippen molar-refractivity contribution in [3.05, 3.63) is 35.9 Å². The van der Waals surface area contributed by atoms with Crippen LogP contribution in [0.1, 0.15) is 25.3 Å². The molecule has 1 aromatic rings. The van der Waals surface area contributed by atoms with Crippen molar-refractivity contribution in [2.45, 2.75) is 32.6 Å². The van der Waals surface area contributed by atoms with Gasteiger partial charge >= 0.3 is 0 Å². The van der Waals surface area contributed by atoms with Crippen LogP contribution in [-0.4, -0.2) is 6.43 Å². The fourth-order valence-corrected chi connectivity index (χ4v) is 1.60. The quantitative estimate of drug-likeness (QED) is 0.673. The molecule has 0 fully saturated rings. The zero-order valence-corrected chi connectivity index (χ0v) is 8.42. The molecule has 2 heteroatoms. The lowest BCUT2D eigenvalue weighted by Gasteiger charge is -2.14. The smallest absolute Gasteiger partial charge is 0.210 e. The first-order valence-corrected chi connectivity index (χ1v) is 5.06. The summed E-state index contributed by atoms with van der Waals surface area (Å²) in [5.74, 6) is -0.484. The Balaban J connectivity index is 2.55. The highest BCUT2D eigenvalue weighted by molar-refractivity contribution is 5.15. The minimum atomic E-state index is -2.20. The van der Waals surface area contributed by atoms with E-state index in [9.17, 15) is 8.78 Å². The van der Waals surface area contributed by atoms with Gasteiger partial charge < -0.3 is 0 Å². The van der Waals surface area contributed by atoms with Gasteiger partial charge in [0.05, 0.1) is 0 Å². The second-order valence-corrected chi connectivity index (χ2v) is 3.57. The molecule has 14 heavy (non-hydrogen) atoms. The zero-order chi connectivity index (χ0) is 10.4. The lowest BCUT2D eigenvalue weighted by molar-refractivity contribution is 0.0719. The van der Waals surface area contributed by atoms with Crippen LogP contribution in [0.4, 0.5) is 8.78 Å². The summed E-state index contributed by atoms with van der Waals surface area (Å²) in [5, 5.41) is 0. The summed E-state index contributed by atoms with van der Waals surface area (Å²) in [6.45, 7) is 1.94. The van der Waals surface area contributed by atoms with Crippen LogP contribution in [0.5, 0.6) is 0 Å². The molecule has 1 rings (SSSR count). The topological polar surface area (TPSA) is 0 Å². The maximum absolute atomic E-state index is 12.6. The predicted octanol–water partition coefficient (Wildman–Crippen LogP) is 3.91. The number of benzene rings is 1. The van der Waals surface area contributed by atoms with E-state index >= 15 is 0 Å². The van der Waals surface area contributed by atoms with E-state index in [-0.39, 0.29) is 0 Å². The molecule has 0 saturated carbocycles. The highest BCUT2D eigenvalue weighted by atomic mass is 19.3. The van der Waals surface area contributed by atoms with Crippen molar-refractivity contribution in [1.29, 1.82) is 0 Å². The molecule has 1 unspecified atom stereocenters. The van der Waals surface area contributed by atoms with Crippen LogP contribution in [0.2, 0.25) is 0 Å².